The lowest BCUT2D eigenvalue weighted by molar-refractivity contribution is 0.551. The van der Waals surface area contributed by atoms with E-state index in [4.69, 9.17) is 0 Å². The maximum absolute atomic E-state index is 3.58. The summed E-state index contributed by atoms with van der Waals surface area (Å²) in [5, 5.41) is 3.58. The fourth-order valence-electron chi connectivity index (χ4n) is 2.59. The van der Waals surface area contributed by atoms with E-state index in [-0.39, 0.29) is 0 Å². The van der Waals surface area contributed by atoms with E-state index in [0.29, 0.717) is 12.0 Å². The van der Waals surface area contributed by atoms with Gasteiger partial charge in [0.25, 0.3) is 0 Å². The highest BCUT2D eigenvalue weighted by Crippen LogP contribution is 2.25. The van der Waals surface area contributed by atoms with E-state index in [1.165, 1.54) is 29.0 Å². The number of benzene rings is 1. The molecule has 120 valence electrons. The van der Waals surface area contributed by atoms with Gasteiger partial charge in [-0.3, -0.25) is 0 Å². The van der Waals surface area contributed by atoms with Crippen LogP contribution in [-0.4, -0.2) is 31.6 Å². The van der Waals surface area contributed by atoms with Gasteiger partial charge in [-0.05, 0) is 43.7 Å². The van der Waals surface area contributed by atoms with Gasteiger partial charge in [0.15, 0.2) is 0 Å². The molecule has 21 heavy (non-hydrogen) atoms. The van der Waals surface area contributed by atoms with Gasteiger partial charge in [0, 0.05) is 31.1 Å². The van der Waals surface area contributed by atoms with Crippen LogP contribution in [0.3, 0.4) is 0 Å². The lowest BCUT2D eigenvalue weighted by Gasteiger charge is -2.31. The van der Waals surface area contributed by atoms with E-state index in [1.807, 2.05) is 11.8 Å². The molecule has 1 unspecified atom stereocenters. The summed E-state index contributed by atoms with van der Waals surface area (Å²) in [6.07, 6.45) is 3.38. The van der Waals surface area contributed by atoms with Crippen molar-refractivity contribution in [3.05, 3.63) is 29.3 Å². The summed E-state index contributed by atoms with van der Waals surface area (Å²) >= 11 is 1.93. The lowest BCUT2D eigenvalue weighted by atomic mass is 10.1. The quantitative estimate of drug-likeness (QED) is 0.731. The van der Waals surface area contributed by atoms with E-state index in [9.17, 15) is 0 Å². The third kappa shape index (κ3) is 5.91. The molecule has 1 rings (SSSR count). The van der Waals surface area contributed by atoms with Crippen LogP contribution >= 0.6 is 11.8 Å². The Bertz CT molecular complexity index is 418. The molecule has 0 heterocycles. The largest absolute Gasteiger partial charge is 0.371 e. The Balaban J connectivity index is 2.88. The van der Waals surface area contributed by atoms with Crippen LogP contribution in [0, 0.1) is 12.8 Å². The molecule has 1 N–H and O–H groups in total. The first kappa shape index (κ1) is 18.4. The average Bonchev–Trinajstić information content (AvgIpc) is 2.44. The zero-order valence-electron chi connectivity index (χ0n) is 14.6. The van der Waals surface area contributed by atoms with Gasteiger partial charge in [-0.15, -0.1) is 0 Å². The van der Waals surface area contributed by atoms with Crippen molar-refractivity contribution in [3.63, 3.8) is 0 Å². The van der Waals surface area contributed by atoms with Gasteiger partial charge in [0.05, 0.1) is 0 Å². The first-order valence-electron chi connectivity index (χ1n) is 8.01. The summed E-state index contributed by atoms with van der Waals surface area (Å²) in [6, 6.07) is 7.44. The molecule has 1 aromatic carbocycles. The molecule has 3 heteroatoms. The van der Waals surface area contributed by atoms with E-state index in [1.54, 1.807) is 0 Å². The summed E-state index contributed by atoms with van der Waals surface area (Å²) in [4.78, 5) is 2.46. The Morgan fingerprint density at radius 3 is 2.57 bits per heavy atom. The Morgan fingerprint density at radius 2 is 2.00 bits per heavy atom. The smallest absolute Gasteiger partial charge is 0.0412 e. The van der Waals surface area contributed by atoms with Crippen LogP contribution in [0.1, 0.15) is 38.3 Å². The van der Waals surface area contributed by atoms with Crippen molar-refractivity contribution >= 4 is 17.4 Å². The minimum Gasteiger partial charge on any atom is -0.371 e. The summed E-state index contributed by atoms with van der Waals surface area (Å²) in [6.45, 7) is 11.0. The molecule has 0 aliphatic heterocycles. The number of anilines is 1. The van der Waals surface area contributed by atoms with E-state index in [0.717, 1.165) is 13.1 Å². The highest BCUT2D eigenvalue weighted by atomic mass is 32.2. The van der Waals surface area contributed by atoms with Gasteiger partial charge in [-0.2, -0.15) is 11.8 Å². The molecule has 1 aromatic rings. The van der Waals surface area contributed by atoms with Crippen LogP contribution < -0.4 is 10.2 Å². The summed E-state index contributed by atoms with van der Waals surface area (Å²) in [5.74, 6) is 1.87. The Hall–Kier alpha value is -0.670. The van der Waals surface area contributed by atoms with Crippen LogP contribution in [-0.2, 0) is 6.54 Å². The average molecular weight is 309 g/mol. The van der Waals surface area contributed by atoms with E-state index >= 15 is 0 Å². The summed E-state index contributed by atoms with van der Waals surface area (Å²) < 4.78 is 0. The first-order chi connectivity index (χ1) is 9.99. The molecule has 0 aliphatic rings. The number of hydrogen-bond donors (Lipinski definition) is 1. The number of thioether (sulfide) groups is 1. The fourth-order valence-corrected chi connectivity index (χ4v) is 3.43. The standard InChI is InChI=1S/C18H32N2S/c1-7-17(13-21-6)20(5)18-9-8-15(4)10-16(18)12-19-11-14(2)3/h8-10,14,17,19H,7,11-13H2,1-6H3. The Labute approximate surface area is 135 Å². The third-order valence-corrected chi connectivity index (χ3v) is 4.58. The van der Waals surface area contributed by atoms with Crippen LogP contribution in [0.4, 0.5) is 5.69 Å². The van der Waals surface area contributed by atoms with Crippen molar-refractivity contribution in [2.45, 2.75) is 46.7 Å². The molecule has 0 fully saturated rings. The van der Waals surface area contributed by atoms with Crippen LogP contribution in [0.2, 0.25) is 0 Å². The highest BCUT2D eigenvalue weighted by Gasteiger charge is 2.15. The molecule has 0 bridgehead atoms. The maximum atomic E-state index is 3.58. The molecule has 0 amide bonds. The Morgan fingerprint density at radius 1 is 1.29 bits per heavy atom. The predicted molar refractivity (Wildman–Crippen MR) is 98.6 cm³/mol. The van der Waals surface area contributed by atoms with Gasteiger partial charge in [0.2, 0.25) is 0 Å². The van der Waals surface area contributed by atoms with Crippen LogP contribution in [0.15, 0.2) is 18.2 Å². The van der Waals surface area contributed by atoms with Gasteiger partial charge < -0.3 is 10.2 Å². The van der Waals surface area contributed by atoms with Crippen molar-refractivity contribution in [3.8, 4) is 0 Å². The highest BCUT2D eigenvalue weighted by molar-refractivity contribution is 7.98. The van der Waals surface area contributed by atoms with Gasteiger partial charge in [-0.25, -0.2) is 0 Å². The Kier molecular flexibility index (Phi) is 8.20. The molecule has 0 saturated carbocycles. The van der Waals surface area contributed by atoms with Gasteiger partial charge in [-0.1, -0.05) is 38.5 Å². The van der Waals surface area contributed by atoms with Gasteiger partial charge >= 0.3 is 0 Å². The molecular formula is C18H32N2S. The monoisotopic (exact) mass is 308 g/mol. The van der Waals surface area contributed by atoms with Crippen LogP contribution in [0.5, 0.6) is 0 Å². The van der Waals surface area contributed by atoms with E-state index < -0.39 is 0 Å². The summed E-state index contributed by atoms with van der Waals surface area (Å²) in [7, 11) is 2.24. The second kappa shape index (κ2) is 9.37. The normalized spacial score (nSPS) is 12.7. The topological polar surface area (TPSA) is 15.3 Å². The van der Waals surface area contributed by atoms with E-state index in [2.05, 4.69) is 69.4 Å². The van der Waals surface area contributed by atoms with Crippen LogP contribution in [0.25, 0.3) is 0 Å². The lowest BCUT2D eigenvalue weighted by Crippen LogP contribution is -2.34. The van der Waals surface area contributed by atoms with Crippen molar-refractivity contribution in [1.29, 1.82) is 0 Å². The molecule has 0 radical (unpaired) electrons. The van der Waals surface area contributed by atoms with Crippen molar-refractivity contribution in [2.24, 2.45) is 5.92 Å². The molecule has 0 aliphatic carbocycles. The number of nitrogens with zero attached hydrogens (tertiary/aromatic N) is 1. The van der Waals surface area contributed by atoms with Crippen molar-refractivity contribution in [2.75, 3.05) is 30.5 Å². The summed E-state index contributed by atoms with van der Waals surface area (Å²) in [5.41, 5.74) is 4.13. The minimum atomic E-state index is 0.603. The third-order valence-electron chi connectivity index (χ3n) is 3.86. The second-order valence-corrected chi connectivity index (χ2v) is 7.20. The number of hydrogen-bond acceptors (Lipinski definition) is 3. The molecule has 2 nitrogen and oxygen atoms in total. The van der Waals surface area contributed by atoms with Crippen molar-refractivity contribution < 1.29 is 0 Å². The predicted octanol–water partition coefficient (Wildman–Crippen LogP) is 4.32. The molecule has 0 spiro atoms. The molecular weight excluding hydrogens is 276 g/mol. The van der Waals surface area contributed by atoms with Gasteiger partial charge in [0.1, 0.15) is 0 Å². The zero-order chi connectivity index (χ0) is 15.8. The van der Waals surface area contributed by atoms with Crippen molar-refractivity contribution in [1.82, 2.24) is 5.32 Å². The number of aryl methyl sites for hydroxylation is 1. The molecule has 0 aromatic heterocycles. The molecule has 1 atom stereocenters. The molecule has 0 saturated heterocycles. The number of rotatable bonds is 9. The SMILES string of the molecule is CCC(CSC)N(C)c1ccc(C)cc1CNCC(C)C. The fraction of sp³-hybridized carbons (Fsp3) is 0.667. The second-order valence-electron chi connectivity index (χ2n) is 6.29. The number of nitrogens with one attached hydrogen (secondary N) is 1. The minimum absolute atomic E-state index is 0.603. The maximum Gasteiger partial charge on any atom is 0.0412 e. The first-order valence-corrected chi connectivity index (χ1v) is 9.41. The zero-order valence-corrected chi connectivity index (χ0v) is 15.4.